The fourth-order valence-corrected chi connectivity index (χ4v) is 4.63. The largest absolute Gasteiger partial charge is 0.299 e. The summed E-state index contributed by atoms with van der Waals surface area (Å²) < 4.78 is 1.91. The number of thiazole rings is 1. The first-order chi connectivity index (χ1) is 11.4. The molecule has 4 rings (SSSR count). The van der Waals surface area contributed by atoms with Crippen LogP contribution in [0.4, 0.5) is 0 Å². The summed E-state index contributed by atoms with van der Waals surface area (Å²) in [5.74, 6) is 0. The normalized spacial score (nSPS) is 19.8. The molecule has 0 spiro atoms. The summed E-state index contributed by atoms with van der Waals surface area (Å²) in [6.45, 7) is 7.58. The molecule has 1 aliphatic heterocycles. The predicted molar refractivity (Wildman–Crippen MR) is 90.5 cm³/mol. The van der Waals surface area contributed by atoms with Gasteiger partial charge in [0.2, 0.25) is 0 Å². The van der Waals surface area contributed by atoms with Crippen molar-refractivity contribution in [2.45, 2.75) is 38.8 Å². The van der Waals surface area contributed by atoms with E-state index in [4.69, 9.17) is 4.98 Å². The van der Waals surface area contributed by atoms with Crippen molar-refractivity contribution < 1.29 is 0 Å². The Morgan fingerprint density at radius 3 is 2.61 bits per heavy atom. The molecule has 3 heterocycles. The number of aryl methyl sites for hydroxylation is 2. The van der Waals surface area contributed by atoms with E-state index in [0.717, 1.165) is 45.8 Å². The Balaban J connectivity index is 1.24. The summed E-state index contributed by atoms with van der Waals surface area (Å²) in [5.41, 5.74) is 1.39. The third-order valence-electron chi connectivity index (χ3n) is 4.83. The summed E-state index contributed by atoms with van der Waals surface area (Å²) in [7, 11) is 0. The van der Waals surface area contributed by atoms with Gasteiger partial charge in [-0.25, -0.2) is 9.97 Å². The van der Waals surface area contributed by atoms with Crippen molar-refractivity contribution >= 4 is 11.3 Å². The molecule has 2 aliphatic rings. The summed E-state index contributed by atoms with van der Waals surface area (Å²) in [4.78, 5) is 15.5. The van der Waals surface area contributed by atoms with Crippen LogP contribution in [-0.4, -0.2) is 62.3 Å². The first-order valence-corrected chi connectivity index (χ1v) is 9.43. The molecule has 23 heavy (non-hydrogen) atoms. The van der Waals surface area contributed by atoms with Gasteiger partial charge in [0.05, 0.1) is 18.8 Å². The van der Waals surface area contributed by atoms with Crippen molar-refractivity contribution in [3.63, 3.8) is 0 Å². The van der Waals surface area contributed by atoms with Crippen LogP contribution in [0.1, 0.15) is 28.4 Å². The average Bonchev–Trinajstić information content (AvgIpc) is 3.23. The van der Waals surface area contributed by atoms with Crippen molar-refractivity contribution in [3.8, 4) is 0 Å². The highest BCUT2D eigenvalue weighted by Gasteiger charge is 2.20. The number of hydrogen-bond acceptors (Lipinski definition) is 6. The van der Waals surface area contributed by atoms with E-state index in [9.17, 15) is 0 Å². The van der Waals surface area contributed by atoms with Gasteiger partial charge in [-0.3, -0.25) is 14.5 Å². The first-order valence-electron chi connectivity index (χ1n) is 8.61. The second kappa shape index (κ2) is 7.07. The fraction of sp³-hybridized carbons (Fsp3) is 0.688. The molecule has 7 heteroatoms. The lowest BCUT2D eigenvalue weighted by molar-refractivity contribution is 0.123. The van der Waals surface area contributed by atoms with E-state index in [1.807, 2.05) is 16.0 Å². The second-order valence-electron chi connectivity index (χ2n) is 6.46. The Hall–Kier alpha value is -1.31. The van der Waals surface area contributed by atoms with Crippen LogP contribution >= 0.6 is 11.3 Å². The Bertz CT molecular complexity index is 591. The Labute approximate surface area is 141 Å². The van der Waals surface area contributed by atoms with Crippen LogP contribution in [-0.2, 0) is 25.9 Å². The first kappa shape index (κ1) is 15.2. The summed E-state index contributed by atoms with van der Waals surface area (Å²) in [6, 6.07) is 0. The van der Waals surface area contributed by atoms with E-state index < -0.39 is 0 Å². The van der Waals surface area contributed by atoms with Crippen LogP contribution in [0, 0.1) is 0 Å². The van der Waals surface area contributed by atoms with Gasteiger partial charge in [-0.05, 0) is 25.7 Å². The van der Waals surface area contributed by atoms with Gasteiger partial charge in [-0.1, -0.05) is 0 Å². The van der Waals surface area contributed by atoms with Gasteiger partial charge in [0.15, 0.2) is 0 Å². The molecule has 0 bridgehead atoms. The minimum atomic E-state index is 0.930. The topological polar surface area (TPSA) is 50.1 Å². The van der Waals surface area contributed by atoms with Crippen LogP contribution in [0.2, 0.25) is 0 Å². The van der Waals surface area contributed by atoms with Crippen molar-refractivity contribution in [1.82, 2.24) is 29.5 Å². The molecule has 0 radical (unpaired) electrons. The maximum absolute atomic E-state index is 4.88. The predicted octanol–water partition coefficient (Wildman–Crippen LogP) is 1.43. The van der Waals surface area contributed by atoms with E-state index in [-0.39, 0.29) is 0 Å². The standard InChI is InChI=1S/C16H24N6S/c1-2-4-15-14(3-1)19-16(23-15)11-21-7-5-20(6-8-21)9-10-22-13-17-12-18-22/h12-13H,1-11H2. The van der Waals surface area contributed by atoms with E-state index in [1.54, 1.807) is 17.5 Å². The monoisotopic (exact) mass is 332 g/mol. The second-order valence-corrected chi connectivity index (χ2v) is 7.63. The lowest BCUT2D eigenvalue weighted by Gasteiger charge is -2.34. The SMILES string of the molecule is c1ncn(CCN2CCN(Cc3nc4c(s3)CCCC4)CC2)n1. The highest BCUT2D eigenvalue weighted by atomic mass is 32.1. The minimum Gasteiger partial charge on any atom is -0.299 e. The lowest BCUT2D eigenvalue weighted by atomic mass is 10.0. The number of rotatable bonds is 5. The van der Waals surface area contributed by atoms with E-state index >= 15 is 0 Å². The molecule has 1 aliphatic carbocycles. The Kier molecular flexibility index (Phi) is 4.68. The van der Waals surface area contributed by atoms with E-state index in [2.05, 4.69) is 19.9 Å². The number of piperazine rings is 1. The average molecular weight is 332 g/mol. The molecule has 0 amide bonds. The molecule has 0 N–H and O–H groups in total. The van der Waals surface area contributed by atoms with Gasteiger partial charge in [-0.2, -0.15) is 5.10 Å². The highest BCUT2D eigenvalue weighted by molar-refractivity contribution is 7.11. The van der Waals surface area contributed by atoms with Crippen molar-refractivity contribution in [2.24, 2.45) is 0 Å². The third kappa shape index (κ3) is 3.79. The molecule has 1 fully saturated rings. The van der Waals surface area contributed by atoms with Crippen LogP contribution in [0.15, 0.2) is 12.7 Å². The molecule has 0 saturated carbocycles. The molecule has 0 atom stereocenters. The van der Waals surface area contributed by atoms with Gasteiger partial charge >= 0.3 is 0 Å². The van der Waals surface area contributed by atoms with Crippen LogP contribution in [0.5, 0.6) is 0 Å². The van der Waals surface area contributed by atoms with Crippen molar-refractivity contribution in [1.29, 1.82) is 0 Å². The molecule has 124 valence electrons. The van der Waals surface area contributed by atoms with Gasteiger partial charge in [-0.15, -0.1) is 11.3 Å². The van der Waals surface area contributed by atoms with Gasteiger partial charge in [0.25, 0.3) is 0 Å². The van der Waals surface area contributed by atoms with Crippen LogP contribution in [0.25, 0.3) is 0 Å². The molecule has 0 aromatic carbocycles. The number of hydrogen-bond donors (Lipinski definition) is 0. The molecule has 0 unspecified atom stereocenters. The number of aromatic nitrogens is 4. The molecule has 2 aromatic heterocycles. The molecular formula is C16H24N6S. The van der Waals surface area contributed by atoms with E-state index in [1.165, 1.54) is 36.4 Å². The third-order valence-corrected chi connectivity index (χ3v) is 5.97. The van der Waals surface area contributed by atoms with E-state index in [0.29, 0.717) is 0 Å². The maximum atomic E-state index is 4.88. The molecule has 1 saturated heterocycles. The Morgan fingerprint density at radius 2 is 1.83 bits per heavy atom. The highest BCUT2D eigenvalue weighted by Crippen LogP contribution is 2.27. The maximum Gasteiger partial charge on any atom is 0.137 e. The summed E-state index contributed by atoms with van der Waals surface area (Å²) >= 11 is 1.95. The van der Waals surface area contributed by atoms with Crippen LogP contribution in [0.3, 0.4) is 0 Å². The Morgan fingerprint density at radius 1 is 1.00 bits per heavy atom. The van der Waals surface area contributed by atoms with Gasteiger partial charge in [0.1, 0.15) is 17.7 Å². The van der Waals surface area contributed by atoms with Gasteiger partial charge in [0, 0.05) is 37.6 Å². The minimum absolute atomic E-state index is 0.930. The van der Waals surface area contributed by atoms with Crippen LogP contribution < -0.4 is 0 Å². The molecule has 6 nitrogen and oxygen atoms in total. The smallest absolute Gasteiger partial charge is 0.137 e. The fourth-order valence-electron chi connectivity index (χ4n) is 3.43. The van der Waals surface area contributed by atoms with Crippen molar-refractivity contribution in [2.75, 3.05) is 32.7 Å². The zero-order valence-corrected chi connectivity index (χ0v) is 14.3. The summed E-state index contributed by atoms with van der Waals surface area (Å²) in [6.07, 6.45) is 8.51. The molecule has 2 aromatic rings. The molecular weight excluding hydrogens is 308 g/mol. The zero-order valence-electron chi connectivity index (χ0n) is 13.5. The number of nitrogens with zero attached hydrogens (tertiary/aromatic N) is 6. The van der Waals surface area contributed by atoms with Gasteiger partial charge < -0.3 is 0 Å². The number of fused-ring (bicyclic) bond motifs is 1. The lowest BCUT2D eigenvalue weighted by Crippen LogP contribution is -2.46. The zero-order chi connectivity index (χ0) is 15.5. The summed E-state index contributed by atoms with van der Waals surface area (Å²) in [5, 5.41) is 5.49. The quantitative estimate of drug-likeness (QED) is 0.829. The van der Waals surface area contributed by atoms with Crippen molar-refractivity contribution in [3.05, 3.63) is 28.2 Å².